The maximum atomic E-state index is 14.0. The zero-order chi connectivity index (χ0) is 48.7. The molecule has 0 amide bonds. The lowest BCUT2D eigenvalue weighted by Crippen LogP contribution is -2.33. The zero-order valence-corrected chi connectivity index (χ0v) is 40.8. The van der Waals surface area contributed by atoms with E-state index < -0.39 is 79.0 Å². The molecule has 2 heterocycles. The Balaban J connectivity index is 1.34. The highest BCUT2D eigenvalue weighted by atomic mass is 31.3. The fraction of sp³-hybridized carbons (Fsp3) is 0.545. The van der Waals surface area contributed by atoms with E-state index >= 15 is 0 Å². The number of ether oxygens (including phenoxy) is 4. The molecule has 0 fully saturated rings. The Kier molecular flexibility index (Phi) is 23.6. The Labute approximate surface area is 390 Å². The number of aryl methyl sites for hydroxylation is 1. The molecule has 3 N–H and O–H groups in total. The van der Waals surface area contributed by atoms with Crippen molar-refractivity contribution in [3.8, 4) is 11.5 Å². The van der Waals surface area contributed by atoms with E-state index in [1.54, 1.807) is 0 Å². The maximum absolute atomic E-state index is 14.0. The fourth-order valence-electron chi connectivity index (χ4n) is 6.43. The van der Waals surface area contributed by atoms with Gasteiger partial charge in [-0.1, -0.05) is 121 Å². The van der Waals surface area contributed by atoms with E-state index in [-0.39, 0.29) is 30.1 Å². The SMILES string of the molecule is CCCCCCCCCOC(=O)Oc1ccc(COP(=O)(OCc2ccc(OC(=O)CCCCCCCCC)cc2)OP(=O)(O)OP(=O)(O)OC[C@@H]2C=C[C@H](n3cc(C)c(=O)[nH]c3=O)O2)cc1. The molecule has 2 aromatic carbocycles. The summed E-state index contributed by atoms with van der Waals surface area (Å²) in [6, 6.07) is 11.5. The van der Waals surface area contributed by atoms with Gasteiger partial charge in [0.1, 0.15) is 17.6 Å². The summed E-state index contributed by atoms with van der Waals surface area (Å²) >= 11 is 0. The van der Waals surface area contributed by atoms with E-state index in [1.165, 1.54) is 99.5 Å². The van der Waals surface area contributed by atoms with Crippen LogP contribution in [0, 0.1) is 6.92 Å². The number of nitrogens with one attached hydrogen (secondary N) is 1. The number of carbonyl (C=O) groups is 2. The molecule has 20 nitrogen and oxygen atoms in total. The minimum absolute atomic E-state index is 0.123. The maximum Gasteiger partial charge on any atom is 0.513 e. The summed E-state index contributed by atoms with van der Waals surface area (Å²) in [4.78, 5) is 71.7. The number of esters is 1. The number of phosphoric ester groups is 2. The number of aromatic nitrogens is 2. The van der Waals surface area contributed by atoms with Crippen LogP contribution in [0.2, 0.25) is 0 Å². The van der Waals surface area contributed by atoms with Crippen LogP contribution in [-0.2, 0) is 63.4 Å². The normalized spacial score (nSPS) is 17.3. The Bertz CT molecular complexity index is 2300. The number of hydrogen-bond acceptors (Lipinski definition) is 16. The molecule has 23 heteroatoms. The van der Waals surface area contributed by atoms with Crippen LogP contribution in [0.5, 0.6) is 11.5 Å². The first-order valence-electron chi connectivity index (χ1n) is 22.5. The van der Waals surface area contributed by atoms with E-state index in [1.807, 2.05) is 0 Å². The average Bonchev–Trinajstić information content (AvgIpc) is 3.75. The number of benzene rings is 2. The van der Waals surface area contributed by atoms with Crippen molar-refractivity contribution in [1.82, 2.24) is 9.55 Å². The van der Waals surface area contributed by atoms with Crippen molar-refractivity contribution in [2.24, 2.45) is 0 Å². The van der Waals surface area contributed by atoms with Gasteiger partial charge in [-0.3, -0.25) is 32.7 Å². The molecule has 0 spiro atoms. The molecule has 0 bridgehead atoms. The third-order valence-electron chi connectivity index (χ3n) is 10.0. The summed E-state index contributed by atoms with van der Waals surface area (Å²) in [6.07, 6.45) is 16.0. The minimum Gasteiger partial charge on any atom is -0.434 e. The van der Waals surface area contributed by atoms with Gasteiger partial charge in [0.05, 0.1) is 26.4 Å². The van der Waals surface area contributed by atoms with Crippen LogP contribution in [0.3, 0.4) is 0 Å². The number of phosphoric acid groups is 3. The molecular weight excluding hydrogens is 937 g/mol. The predicted molar refractivity (Wildman–Crippen MR) is 245 cm³/mol. The summed E-state index contributed by atoms with van der Waals surface area (Å²) in [5.74, 6) is -0.0415. The number of H-pyrrole nitrogens is 1. The van der Waals surface area contributed by atoms with Crippen molar-refractivity contribution in [2.45, 2.75) is 143 Å². The minimum atomic E-state index is -5.82. The highest BCUT2D eigenvalue weighted by molar-refractivity contribution is 7.67. The molecule has 0 saturated heterocycles. The molecule has 67 heavy (non-hydrogen) atoms. The Morgan fingerprint density at radius 3 is 1.81 bits per heavy atom. The average molecular weight is 1000 g/mol. The first-order chi connectivity index (χ1) is 32.0. The number of carbonyl (C=O) groups excluding carboxylic acids is 2. The fourth-order valence-corrected chi connectivity index (χ4v) is 10.5. The van der Waals surface area contributed by atoms with Gasteiger partial charge in [-0.05, 0) is 61.2 Å². The molecule has 0 aliphatic carbocycles. The van der Waals surface area contributed by atoms with E-state index in [9.17, 15) is 42.7 Å². The van der Waals surface area contributed by atoms with Crippen LogP contribution >= 0.6 is 23.5 Å². The second-order valence-corrected chi connectivity index (χ2v) is 20.6. The smallest absolute Gasteiger partial charge is 0.434 e. The van der Waals surface area contributed by atoms with Crippen LogP contribution in [0.15, 0.2) is 76.5 Å². The van der Waals surface area contributed by atoms with Gasteiger partial charge in [0.15, 0.2) is 6.23 Å². The third-order valence-corrected chi connectivity index (χ3v) is 14.7. The third kappa shape index (κ3) is 21.4. The van der Waals surface area contributed by atoms with Gasteiger partial charge in [0.25, 0.3) is 5.56 Å². The molecule has 3 unspecified atom stereocenters. The molecule has 5 atom stereocenters. The molecule has 0 saturated carbocycles. The number of unbranched alkanes of at least 4 members (excludes halogenated alkanes) is 12. The van der Waals surface area contributed by atoms with Gasteiger partial charge in [0, 0.05) is 18.2 Å². The van der Waals surface area contributed by atoms with Crippen LogP contribution in [0.1, 0.15) is 133 Å². The molecule has 1 aromatic heterocycles. The number of rotatable bonds is 32. The number of hydrogen-bond donors (Lipinski definition) is 3. The van der Waals surface area contributed by atoms with Crippen LogP contribution in [-0.4, -0.2) is 50.8 Å². The van der Waals surface area contributed by atoms with Crippen molar-refractivity contribution >= 4 is 35.6 Å². The molecular formula is C44H63N2O18P3. The zero-order valence-electron chi connectivity index (χ0n) is 38.2. The second kappa shape index (κ2) is 28.5. The predicted octanol–water partition coefficient (Wildman–Crippen LogP) is 10.4. The van der Waals surface area contributed by atoms with Crippen LogP contribution < -0.4 is 20.7 Å². The molecule has 1 aliphatic rings. The number of nitrogens with zero attached hydrogens (tertiary/aromatic N) is 1. The van der Waals surface area contributed by atoms with Gasteiger partial charge in [-0.2, -0.15) is 8.62 Å². The van der Waals surface area contributed by atoms with Crippen molar-refractivity contribution < 1.29 is 74.2 Å². The first-order valence-corrected chi connectivity index (χ1v) is 26.9. The van der Waals surface area contributed by atoms with E-state index in [0.29, 0.717) is 24.0 Å². The number of aromatic amines is 1. The Morgan fingerprint density at radius 1 is 0.687 bits per heavy atom. The summed E-state index contributed by atoms with van der Waals surface area (Å²) in [7, 11) is -16.5. The molecule has 4 rings (SSSR count). The summed E-state index contributed by atoms with van der Waals surface area (Å²) in [5, 5.41) is 0. The lowest BCUT2D eigenvalue weighted by molar-refractivity contribution is -0.134. The lowest BCUT2D eigenvalue weighted by Gasteiger charge is -2.22. The standard InChI is InChI=1S/C44H63N2O18P3/c1-4-6-8-10-12-14-16-18-41(47)61-37-23-19-35(20-24-37)31-58-67(55,59-32-36-21-25-38(26-22-36)62-44(50)56-29-17-15-13-11-9-7-5-2)64-66(53,54)63-65(51,52)57-33-39-27-28-40(60-39)46-30-34(3)42(48)45-43(46)49/h19-28,30,39-40H,4-18,29,31-33H2,1-3H3,(H,51,52)(H,53,54)(H,45,48,49)/t39-,40+,67?/m0/s1. The van der Waals surface area contributed by atoms with Crippen LogP contribution in [0.4, 0.5) is 4.79 Å². The quantitative estimate of drug-likeness (QED) is 0.0131. The highest BCUT2D eigenvalue weighted by Gasteiger charge is 2.44. The van der Waals surface area contributed by atoms with E-state index in [2.05, 4.69) is 23.1 Å². The summed E-state index contributed by atoms with van der Waals surface area (Å²) in [6.45, 7) is 4.11. The molecule has 372 valence electrons. The van der Waals surface area contributed by atoms with Gasteiger partial charge in [-0.25, -0.2) is 23.3 Å². The summed E-state index contributed by atoms with van der Waals surface area (Å²) < 4.78 is 87.3. The van der Waals surface area contributed by atoms with Gasteiger partial charge >= 0.3 is 41.3 Å². The lowest BCUT2D eigenvalue weighted by atomic mass is 10.1. The summed E-state index contributed by atoms with van der Waals surface area (Å²) in [5.41, 5.74) is -0.529. The van der Waals surface area contributed by atoms with Crippen molar-refractivity contribution in [1.29, 1.82) is 0 Å². The molecule has 1 aliphatic heterocycles. The van der Waals surface area contributed by atoms with Crippen LogP contribution in [0.25, 0.3) is 0 Å². The van der Waals surface area contributed by atoms with Crippen molar-refractivity contribution in [2.75, 3.05) is 13.2 Å². The Morgan fingerprint density at radius 2 is 1.22 bits per heavy atom. The van der Waals surface area contributed by atoms with Gasteiger partial charge in [-0.15, -0.1) is 0 Å². The van der Waals surface area contributed by atoms with Crippen molar-refractivity contribution in [3.63, 3.8) is 0 Å². The second-order valence-electron chi connectivity index (χ2n) is 15.8. The highest BCUT2D eigenvalue weighted by Crippen LogP contribution is 2.69. The monoisotopic (exact) mass is 1000 g/mol. The van der Waals surface area contributed by atoms with Gasteiger partial charge < -0.3 is 28.7 Å². The van der Waals surface area contributed by atoms with Gasteiger partial charge in [0.2, 0.25) is 0 Å². The Hall–Kier alpha value is -4.03. The van der Waals surface area contributed by atoms with E-state index in [0.717, 1.165) is 55.9 Å². The molecule has 3 aromatic rings. The molecule has 0 radical (unpaired) electrons. The van der Waals surface area contributed by atoms with E-state index in [4.69, 9.17) is 36.8 Å². The first kappa shape index (κ1) is 55.6. The van der Waals surface area contributed by atoms with Crippen molar-refractivity contribution in [3.05, 3.63) is 104 Å². The topological polar surface area (TPSA) is 264 Å². The largest absolute Gasteiger partial charge is 0.513 e.